The number of carbonyl (C=O) groups excluding carboxylic acids is 1. The molecule has 1 amide bonds. The number of hydrogen-bond acceptors (Lipinski definition) is 2. The summed E-state index contributed by atoms with van der Waals surface area (Å²) in [6.07, 6.45) is -0.199. The molecule has 0 atom stereocenters. The third-order valence-corrected chi connectivity index (χ3v) is 4.37. The second-order valence-electron chi connectivity index (χ2n) is 5.91. The van der Waals surface area contributed by atoms with Crippen molar-refractivity contribution in [2.24, 2.45) is 0 Å². The highest BCUT2D eigenvalue weighted by Crippen LogP contribution is 2.37. The quantitative estimate of drug-likeness (QED) is 0.549. The van der Waals surface area contributed by atoms with E-state index in [-0.39, 0.29) is 18.7 Å². The van der Waals surface area contributed by atoms with Crippen LogP contribution in [-0.4, -0.2) is 17.0 Å². The van der Waals surface area contributed by atoms with Crippen molar-refractivity contribution in [3.05, 3.63) is 54.6 Å². The predicted molar refractivity (Wildman–Crippen MR) is 95.6 cm³/mol. The number of benzene rings is 4. The highest BCUT2D eigenvalue weighted by Gasteiger charge is 2.12. The number of carbonyl (C=O) groups is 2. The van der Waals surface area contributed by atoms with Crippen LogP contribution in [-0.2, 0) is 9.59 Å². The lowest BCUT2D eigenvalue weighted by atomic mass is 9.93. The summed E-state index contributed by atoms with van der Waals surface area (Å²) in [4.78, 5) is 22.6. The first-order valence-corrected chi connectivity index (χ1v) is 7.82. The number of amides is 1. The summed E-state index contributed by atoms with van der Waals surface area (Å²) < 4.78 is 0. The fourth-order valence-corrected chi connectivity index (χ4v) is 3.28. The van der Waals surface area contributed by atoms with E-state index in [1.54, 1.807) is 0 Å². The van der Waals surface area contributed by atoms with Crippen molar-refractivity contribution >= 4 is 49.9 Å². The summed E-state index contributed by atoms with van der Waals surface area (Å²) in [5.74, 6) is -1.26. The van der Waals surface area contributed by atoms with E-state index in [1.165, 1.54) is 16.2 Å². The zero-order valence-corrected chi connectivity index (χ0v) is 12.9. The average molecular weight is 317 g/mol. The monoisotopic (exact) mass is 317 g/mol. The van der Waals surface area contributed by atoms with Gasteiger partial charge in [0, 0.05) is 17.5 Å². The van der Waals surface area contributed by atoms with Crippen molar-refractivity contribution < 1.29 is 14.7 Å². The van der Waals surface area contributed by atoms with Crippen LogP contribution in [0, 0.1) is 0 Å². The van der Waals surface area contributed by atoms with Gasteiger partial charge in [0.1, 0.15) is 0 Å². The molecule has 0 heterocycles. The fraction of sp³-hybridized carbons (Fsp3) is 0.100. The Morgan fingerprint density at radius 1 is 0.792 bits per heavy atom. The molecule has 4 nitrogen and oxygen atoms in total. The molecule has 0 aliphatic rings. The second kappa shape index (κ2) is 5.49. The summed E-state index contributed by atoms with van der Waals surface area (Å²) in [6, 6.07) is 18.3. The molecule has 4 aromatic carbocycles. The largest absolute Gasteiger partial charge is 0.481 e. The van der Waals surface area contributed by atoms with Crippen LogP contribution in [0.3, 0.4) is 0 Å². The molecule has 0 fully saturated rings. The molecule has 0 spiro atoms. The van der Waals surface area contributed by atoms with Crippen molar-refractivity contribution in [2.45, 2.75) is 12.8 Å². The van der Waals surface area contributed by atoms with E-state index >= 15 is 0 Å². The van der Waals surface area contributed by atoms with Gasteiger partial charge >= 0.3 is 5.97 Å². The first-order chi connectivity index (χ1) is 11.6. The standard InChI is InChI=1S/C20H15NO3/c22-17(10-11-18(23)24)21-16-9-7-14-5-4-12-2-1-3-13-6-8-15(16)20(14)19(12)13/h1-9H,10-11H2,(H,21,22)(H,23,24). The molecule has 4 aromatic rings. The number of nitrogens with one attached hydrogen (secondary N) is 1. The zero-order chi connectivity index (χ0) is 16.7. The Morgan fingerprint density at radius 3 is 2.12 bits per heavy atom. The van der Waals surface area contributed by atoms with Gasteiger partial charge < -0.3 is 10.4 Å². The number of carboxylic acids is 1. The van der Waals surface area contributed by atoms with Gasteiger partial charge in [-0.3, -0.25) is 9.59 Å². The van der Waals surface area contributed by atoms with Crippen LogP contribution in [0.15, 0.2) is 54.6 Å². The lowest BCUT2D eigenvalue weighted by Crippen LogP contribution is -2.13. The number of aliphatic carboxylic acids is 1. The molecule has 2 N–H and O–H groups in total. The van der Waals surface area contributed by atoms with Gasteiger partial charge in [0.25, 0.3) is 0 Å². The average Bonchev–Trinajstić information content (AvgIpc) is 2.59. The topological polar surface area (TPSA) is 66.4 Å². The molecule has 4 rings (SSSR count). The van der Waals surface area contributed by atoms with E-state index in [4.69, 9.17) is 5.11 Å². The van der Waals surface area contributed by atoms with Crippen LogP contribution >= 0.6 is 0 Å². The Hall–Kier alpha value is -3.14. The minimum absolute atomic E-state index is 0.0304. The highest BCUT2D eigenvalue weighted by atomic mass is 16.4. The Labute approximate surface area is 138 Å². The van der Waals surface area contributed by atoms with Gasteiger partial charge in [-0.2, -0.15) is 0 Å². The summed E-state index contributed by atoms with van der Waals surface area (Å²) >= 11 is 0. The van der Waals surface area contributed by atoms with Crippen molar-refractivity contribution in [3.63, 3.8) is 0 Å². The van der Waals surface area contributed by atoms with Crippen LogP contribution in [0.25, 0.3) is 32.3 Å². The van der Waals surface area contributed by atoms with Gasteiger partial charge in [0.2, 0.25) is 5.91 Å². The summed E-state index contributed by atoms with van der Waals surface area (Å²) in [6.45, 7) is 0. The van der Waals surface area contributed by atoms with Gasteiger partial charge in [-0.25, -0.2) is 0 Å². The van der Waals surface area contributed by atoms with Gasteiger partial charge in [-0.1, -0.05) is 48.5 Å². The maximum absolute atomic E-state index is 12.0. The normalized spacial score (nSPS) is 11.3. The number of rotatable bonds is 4. The summed E-state index contributed by atoms with van der Waals surface area (Å²) in [5.41, 5.74) is 0.719. The number of anilines is 1. The first-order valence-electron chi connectivity index (χ1n) is 7.82. The predicted octanol–water partition coefficient (Wildman–Crippen LogP) is 4.39. The summed E-state index contributed by atoms with van der Waals surface area (Å²) in [7, 11) is 0. The van der Waals surface area contributed by atoms with Gasteiger partial charge in [0.05, 0.1) is 6.42 Å². The molecule has 0 aromatic heterocycles. The van der Waals surface area contributed by atoms with E-state index in [9.17, 15) is 9.59 Å². The van der Waals surface area contributed by atoms with Crippen LogP contribution < -0.4 is 5.32 Å². The molecule has 4 heteroatoms. The Kier molecular flexibility index (Phi) is 3.31. The lowest BCUT2D eigenvalue weighted by Gasteiger charge is -2.14. The van der Waals surface area contributed by atoms with Gasteiger partial charge in [-0.15, -0.1) is 0 Å². The smallest absolute Gasteiger partial charge is 0.303 e. The minimum atomic E-state index is -0.972. The van der Waals surface area contributed by atoms with Crippen LogP contribution in [0.4, 0.5) is 5.69 Å². The van der Waals surface area contributed by atoms with Crippen molar-refractivity contribution in [3.8, 4) is 0 Å². The van der Waals surface area contributed by atoms with Crippen LogP contribution in [0.1, 0.15) is 12.8 Å². The number of hydrogen-bond donors (Lipinski definition) is 2. The molecule has 118 valence electrons. The van der Waals surface area contributed by atoms with Crippen LogP contribution in [0.5, 0.6) is 0 Å². The molecule has 24 heavy (non-hydrogen) atoms. The van der Waals surface area contributed by atoms with E-state index in [2.05, 4.69) is 35.6 Å². The molecular weight excluding hydrogens is 302 g/mol. The molecule has 0 aliphatic heterocycles. The van der Waals surface area contributed by atoms with Crippen molar-refractivity contribution in [1.82, 2.24) is 0 Å². The molecule has 0 bridgehead atoms. The van der Waals surface area contributed by atoms with E-state index < -0.39 is 5.97 Å². The van der Waals surface area contributed by atoms with E-state index in [0.29, 0.717) is 0 Å². The minimum Gasteiger partial charge on any atom is -0.481 e. The first kappa shape index (κ1) is 14.5. The Bertz CT molecular complexity index is 1070. The number of carboxylic acid groups (broad SMARTS) is 1. The third kappa shape index (κ3) is 2.33. The summed E-state index contributed by atoms with van der Waals surface area (Å²) in [5, 5.41) is 18.3. The van der Waals surface area contributed by atoms with Crippen molar-refractivity contribution in [1.29, 1.82) is 0 Å². The Balaban J connectivity index is 1.85. The highest BCUT2D eigenvalue weighted by molar-refractivity contribution is 6.25. The molecule has 0 aliphatic carbocycles. The molecule has 0 saturated heterocycles. The fourth-order valence-electron chi connectivity index (χ4n) is 3.28. The lowest BCUT2D eigenvalue weighted by molar-refractivity contribution is -0.138. The second-order valence-corrected chi connectivity index (χ2v) is 5.91. The van der Waals surface area contributed by atoms with E-state index in [1.807, 2.05) is 24.3 Å². The van der Waals surface area contributed by atoms with Gasteiger partial charge in [0.15, 0.2) is 0 Å². The molecule has 0 unspecified atom stereocenters. The molecular formula is C20H15NO3. The van der Waals surface area contributed by atoms with Crippen LogP contribution in [0.2, 0.25) is 0 Å². The zero-order valence-electron chi connectivity index (χ0n) is 12.9. The molecule has 0 radical (unpaired) electrons. The maximum Gasteiger partial charge on any atom is 0.303 e. The van der Waals surface area contributed by atoms with Gasteiger partial charge in [-0.05, 0) is 33.0 Å². The Morgan fingerprint density at radius 2 is 1.42 bits per heavy atom. The van der Waals surface area contributed by atoms with Crippen molar-refractivity contribution in [2.75, 3.05) is 5.32 Å². The SMILES string of the molecule is O=C(O)CCC(=O)Nc1ccc2ccc3cccc4ccc1c2c34. The van der Waals surface area contributed by atoms with E-state index in [0.717, 1.165) is 21.8 Å². The third-order valence-electron chi connectivity index (χ3n) is 4.37. The maximum atomic E-state index is 12.0. The molecule has 0 saturated carbocycles.